The van der Waals surface area contributed by atoms with E-state index in [2.05, 4.69) is 15.3 Å². The van der Waals surface area contributed by atoms with E-state index < -0.39 is 11.6 Å². The van der Waals surface area contributed by atoms with Gasteiger partial charge >= 0.3 is 0 Å². The maximum absolute atomic E-state index is 13.5. The molecule has 0 aliphatic heterocycles. The van der Waals surface area contributed by atoms with Gasteiger partial charge < -0.3 is 10.1 Å². The Labute approximate surface area is 115 Å². The summed E-state index contributed by atoms with van der Waals surface area (Å²) in [6.07, 6.45) is 1.35. The first kappa shape index (κ1) is 14.2. The van der Waals surface area contributed by atoms with Crippen LogP contribution in [-0.4, -0.2) is 16.1 Å². The zero-order valence-corrected chi connectivity index (χ0v) is 11.2. The number of anilines is 1. The predicted molar refractivity (Wildman–Crippen MR) is 71.5 cm³/mol. The quantitative estimate of drug-likeness (QED) is 0.913. The molecule has 6 heteroatoms. The minimum absolute atomic E-state index is 0.00147. The Morgan fingerprint density at radius 1 is 1.20 bits per heavy atom. The van der Waals surface area contributed by atoms with Crippen molar-refractivity contribution in [1.82, 2.24) is 9.97 Å². The van der Waals surface area contributed by atoms with Gasteiger partial charge in [-0.15, -0.1) is 0 Å². The number of ether oxygens (including phenoxy) is 1. The molecule has 0 bridgehead atoms. The molecule has 0 unspecified atom stereocenters. The molecule has 1 aromatic carbocycles. The second-order valence-corrected chi connectivity index (χ2v) is 4.50. The highest BCUT2D eigenvalue weighted by atomic mass is 19.1. The van der Waals surface area contributed by atoms with Gasteiger partial charge in [-0.25, -0.2) is 18.7 Å². The topological polar surface area (TPSA) is 47.0 Å². The summed E-state index contributed by atoms with van der Waals surface area (Å²) in [6.45, 7) is 3.90. The molecule has 2 aromatic rings. The Morgan fingerprint density at radius 3 is 2.75 bits per heavy atom. The number of hydrogen-bond donors (Lipinski definition) is 1. The van der Waals surface area contributed by atoms with Crippen molar-refractivity contribution in [2.24, 2.45) is 0 Å². The van der Waals surface area contributed by atoms with Crippen LogP contribution >= 0.6 is 0 Å². The average molecular weight is 279 g/mol. The molecule has 0 spiro atoms. The van der Waals surface area contributed by atoms with Gasteiger partial charge in [-0.2, -0.15) is 0 Å². The molecular weight excluding hydrogens is 264 g/mol. The first-order chi connectivity index (χ1) is 9.54. The smallest absolute Gasteiger partial charge is 0.218 e. The highest BCUT2D eigenvalue weighted by Gasteiger charge is 2.06. The molecule has 1 heterocycles. The van der Waals surface area contributed by atoms with E-state index in [0.717, 1.165) is 18.2 Å². The molecule has 0 saturated carbocycles. The third-order valence-electron chi connectivity index (χ3n) is 2.47. The van der Waals surface area contributed by atoms with Crippen molar-refractivity contribution in [1.29, 1.82) is 0 Å². The second-order valence-electron chi connectivity index (χ2n) is 4.50. The van der Waals surface area contributed by atoms with E-state index in [1.165, 1.54) is 6.33 Å². The van der Waals surface area contributed by atoms with Crippen molar-refractivity contribution in [2.75, 3.05) is 5.32 Å². The number of nitrogens with zero attached hydrogens (tertiary/aromatic N) is 2. The molecule has 0 amide bonds. The Kier molecular flexibility index (Phi) is 4.45. The third kappa shape index (κ3) is 3.88. The Balaban J connectivity index is 2.05. The molecule has 4 nitrogen and oxygen atoms in total. The van der Waals surface area contributed by atoms with Crippen molar-refractivity contribution < 1.29 is 13.5 Å². The summed E-state index contributed by atoms with van der Waals surface area (Å²) in [5, 5.41) is 2.90. The van der Waals surface area contributed by atoms with Crippen molar-refractivity contribution in [3.63, 3.8) is 0 Å². The van der Waals surface area contributed by atoms with Crippen LogP contribution in [0, 0.1) is 11.6 Å². The maximum atomic E-state index is 13.5. The van der Waals surface area contributed by atoms with Crippen LogP contribution in [0.15, 0.2) is 30.6 Å². The van der Waals surface area contributed by atoms with Gasteiger partial charge in [0.1, 0.15) is 23.8 Å². The van der Waals surface area contributed by atoms with E-state index in [0.29, 0.717) is 11.7 Å². The van der Waals surface area contributed by atoms with Gasteiger partial charge in [0, 0.05) is 18.2 Å². The van der Waals surface area contributed by atoms with Crippen molar-refractivity contribution in [2.45, 2.75) is 26.5 Å². The molecule has 106 valence electrons. The number of hydrogen-bond acceptors (Lipinski definition) is 4. The van der Waals surface area contributed by atoms with Crippen LogP contribution < -0.4 is 10.1 Å². The zero-order valence-electron chi connectivity index (χ0n) is 11.2. The molecule has 0 saturated heterocycles. The summed E-state index contributed by atoms with van der Waals surface area (Å²) in [5.74, 6) is -0.0298. The summed E-state index contributed by atoms with van der Waals surface area (Å²) in [7, 11) is 0. The summed E-state index contributed by atoms with van der Waals surface area (Å²) in [5.41, 5.74) is 0.231. The van der Waals surface area contributed by atoms with Crippen LogP contribution in [0.25, 0.3) is 0 Å². The first-order valence-electron chi connectivity index (χ1n) is 6.21. The Bertz CT molecular complexity index is 590. The minimum atomic E-state index is -0.477. The third-order valence-corrected chi connectivity index (χ3v) is 2.47. The molecule has 20 heavy (non-hydrogen) atoms. The van der Waals surface area contributed by atoms with E-state index in [9.17, 15) is 8.78 Å². The number of aromatic nitrogens is 2. The van der Waals surface area contributed by atoms with Gasteiger partial charge in [0.2, 0.25) is 5.88 Å². The van der Waals surface area contributed by atoms with Crippen LogP contribution in [0.3, 0.4) is 0 Å². The largest absolute Gasteiger partial charge is 0.475 e. The van der Waals surface area contributed by atoms with E-state index >= 15 is 0 Å². The monoisotopic (exact) mass is 279 g/mol. The van der Waals surface area contributed by atoms with Gasteiger partial charge in [0.25, 0.3) is 0 Å². The fraction of sp³-hybridized carbons (Fsp3) is 0.286. The summed E-state index contributed by atoms with van der Waals surface area (Å²) < 4.78 is 31.9. The maximum Gasteiger partial charge on any atom is 0.218 e. The molecule has 1 aromatic heterocycles. The van der Waals surface area contributed by atoms with Crippen molar-refractivity contribution >= 4 is 5.82 Å². The van der Waals surface area contributed by atoms with Gasteiger partial charge in [-0.1, -0.05) is 0 Å². The average Bonchev–Trinajstić information content (AvgIpc) is 2.39. The zero-order chi connectivity index (χ0) is 14.5. The minimum Gasteiger partial charge on any atom is -0.475 e. The Morgan fingerprint density at radius 2 is 2.00 bits per heavy atom. The highest BCUT2D eigenvalue weighted by molar-refractivity contribution is 5.38. The molecule has 0 fully saturated rings. The van der Waals surface area contributed by atoms with E-state index in [1.54, 1.807) is 6.07 Å². The lowest BCUT2D eigenvalue weighted by atomic mass is 10.2. The molecule has 0 radical (unpaired) electrons. The van der Waals surface area contributed by atoms with Gasteiger partial charge in [0.15, 0.2) is 0 Å². The van der Waals surface area contributed by atoms with E-state index in [-0.39, 0.29) is 18.2 Å². The first-order valence-corrected chi connectivity index (χ1v) is 6.21. The van der Waals surface area contributed by atoms with Crippen molar-refractivity contribution in [3.05, 3.63) is 47.8 Å². The Hall–Kier alpha value is -2.24. The molecule has 2 rings (SSSR count). The molecular formula is C14H15F2N3O. The van der Waals surface area contributed by atoms with Gasteiger partial charge in [-0.3, -0.25) is 0 Å². The lowest BCUT2D eigenvalue weighted by Crippen LogP contribution is -2.08. The number of benzene rings is 1. The van der Waals surface area contributed by atoms with Crippen LogP contribution in [0.2, 0.25) is 0 Å². The molecule has 0 atom stereocenters. The molecule has 0 aliphatic rings. The van der Waals surface area contributed by atoms with Crippen LogP contribution in [0.1, 0.15) is 19.4 Å². The summed E-state index contributed by atoms with van der Waals surface area (Å²) in [6, 6.07) is 4.93. The lowest BCUT2D eigenvalue weighted by Gasteiger charge is -2.10. The van der Waals surface area contributed by atoms with Gasteiger partial charge in [0.05, 0.1) is 6.10 Å². The SMILES string of the molecule is CC(C)Oc1cc(NCc2cc(F)ccc2F)ncn1. The fourth-order valence-electron chi connectivity index (χ4n) is 1.61. The van der Waals surface area contributed by atoms with Crippen molar-refractivity contribution in [3.8, 4) is 5.88 Å². The van der Waals surface area contributed by atoms with Gasteiger partial charge in [-0.05, 0) is 32.0 Å². The number of rotatable bonds is 5. The standard InChI is InChI=1S/C14H15F2N3O/c1-9(2)20-14-6-13(18-8-19-14)17-7-10-5-11(15)3-4-12(10)16/h3-6,8-9H,7H2,1-2H3,(H,17,18,19). The van der Waals surface area contributed by atoms with E-state index in [4.69, 9.17) is 4.74 Å². The highest BCUT2D eigenvalue weighted by Crippen LogP contribution is 2.15. The van der Waals surface area contributed by atoms with Crippen LogP contribution in [-0.2, 0) is 6.54 Å². The lowest BCUT2D eigenvalue weighted by molar-refractivity contribution is 0.232. The molecule has 0 aliphatic carbocycles. The van der Waals surface area contributed by atoms with E-state index in [1.807, 2.05) is 13.8 Å². The normalized spacial score (nSPS) is 10.7. The predicted octanol–water partition coefficient (Wildman–Crippen LogP) is 3.15. The van der Waals surface area contributed by atoms with Crippen LogP contribution in [0.4, 0.5) is 14.6 Å². The van der Waals surface area contributed by atoms with Crippen LogP contribution in [0.5, 0.6) is 5.88 Å². The summed E-state index contributed by atoms with van der Waals surface area (Å²) >= 11 is 0. The number of halogens is 2. The summed E-state index contributed by atoms with van der Waals surface area (Å²) in [4.78, 5) is 7.95. The number of nitrogens with one attached hydrogen (secondary N) is 1. The fourth-order valence-corrected chi connectivity index (χ4v) is 1.61. The second kappa shape index (κ2) is 6.27. The molecule has 1 N–H and O–H groups in total.